The highest BCUT2D eigenvalue weighted by Gasteiger charge is 2.02. The number of hydrogen-bond donors (Lipinski definition) is 1. The minimum Gasteiger partial charge on any atom is -0.314 e. The molecule has 1 aromatic heterocycles. The summed E-state index contributed by atoms with van der Waals surface area (Å²) >= 11 is 1.88. The van der Waals surface area contributed by atoms with Crippen molar-refractivity contribution >= 4 is 11.3 Å². The van der Waals surface area contributed by atoms with E-state index in [1.807, 2.05) is 11.3 Å². The zero-order valence-electron chi connectivity index (χ0n) is 10.8. The van der Waals surface area contributed by atoms with Gasteiger partial charge in [-0.1, -0.05) is 26.3 Å². The van der Waals surface area contributed by atoms with Gasteiger partial charge in [0.05, 0.1) is 0 Å². The van der Waals surface area contributed by atoms with Gasteiger partial charge in [-0.3, -0.25) is 0 Å². The minimum absolute atomic E-state index is 0.672. The van der Waals surface area contributed by atoms with E-state index in [4.69, 9.17) is 0 Å². The van der Waals surface area contributed by atoms with Crippen LogP contribution in [-0.2, 0) is 6.42 Å². The Balaban J connectivity index is 1.98. The van der Waals surface area contributed by atoms with Crippen molar-refractivity contribution in [2.45, 2.75) is 52.5 Å². The van der Waals surface area contributed by atoms with Gasteiger partial charge in [-0.05, 0) is 50.1 Å². The number of hydrogen-bond acceptors (Lipinski definition) is 2. The van der Waals surface area contributed by atoms with E-state index >= 15 is 0 Å². The van der Waals surface area contributed by atoms with Crippen molar-refractivity contribution in [1.29, 1.82) is 0 Å². The Morgan fingerprint density at radius 2 is 2.06 bits per heavy atom. The molecule has 0 saturated carbocycles. The van der Waals surface area contributed by atoms with Crippen LogP contribution in [0.4, 0.5) is 0 Å². The summed E-state index contributed by atoms with van der Waals surface area (Å²) in [5.74, 6) is 0.758. The third-order valence-corrected chi connectivity index (χ3v) is 3.70. The van der Waals surface area contributed by atoms with Crippen LogP contribution in [0.2, 0.25) is 0 Å². The fraction of sp³-hybridized carbons (Fsp3) is 0.714. The average molecular weight is 239 g/mol. The molecule has 0 aliphatic carbocycles. The predicted octanol–water partition coefficient (Wildman–Crippen LogP) is 4.10. The number of nitrogens with one attached hydrogen (secondary N) is 1. The van der Waals surface area contributed by atoms with Crippen LogP contribution in [0.1, 0.15) is 44.9 Å². The van der Waals surface area contributed by atoms with E-state index < -0.39 is 0 Å². The summed E-state index contributed by atoms with van der Waals surface area (Å²) < 4.78 is 0. The molecule has 0 radical (unpaired) electrons. The molecule has 0 aliphatic rings. The molecule has 2 heteroatoms. The van der Waals surface area contributed by atoms with Crippen molar-refractivity contribution in [2.75, 3.05) is 6.54 Å². The normalized spacial score (nSPS) is 13.2. The smallest absolute Gasteiger partial charge is 0.00452 e. The summed E-state index contributed by atoms with van der Waals surface area (Å²) in [7, 11) is 0. The maximum atomic E-state index is 3.58. The molecule has 1 heterocycles. The summed E-state index contributed by atoms with van der Waals surface area (Å²) in [6, 6.07) is 5.06. The quantitative estimate of drug-likeness (QED) is 0.674. The molecule has 0 spiro atoms. The first-order chi connectivity index (χ1) is 7.68. The fourth-order valence-corrected chi connectivity index (χ4v) is 2.49. The van der Waals surface area contributed by atoms with Crippen LogP contribution in [0.3, 0.4) is 0 Å². The van der Waals surface area contributed by atoms with Gasteiger partial charge >= 0.3 is 0 Å². The summed E-state index contributed by atoms with van der Waals surface area (Å²) in [6.07, 6.45) is 5.23. The fourth-order valence-electron chi connectivity index (χ4n) is 1.74. The van der Waals surface area contributed by atoms with E-state index in [2.05, 4.69) is 43.6 Å². The van der Waals surface area contributed by atoms with Gasteiger partial charge in [0.1, 0.15) is 0 Å². The van der Waals surface area contributed by atoms with Crippen molar-refractivity contribution in [3.05, 3.63) is 22.4 Å². The number of rotatable bonds is 8. The molecule has 1 nitrogen and oxygen atoms in total. The maximum Gasteiger partial charge on any atom is 0.00452 e. The Morgan fingerprint density at radius 1 is 1.25 bits per heavy atom. The van der Waals surface area contributed by atoms with Crippen molar-refractivity contribution in [1.82, 2.24) is 5.32 Å². The molecule has 1 atom stereocenters. The minimum atomic E-state index is 0.672. The van der Waals surface area contributed by atoms with E-state index in [0.717, 1.165) is 12.5 Å². The molecule has 0 saturated heterocycles. The summed E-state index contributed by atoms with van der Waals surface area (Å²) in [6.45, 7) is 7.96. The third kappa shape index (κ3) is 6.29. The Hall–Kier alpha value is -0.340. The van der Waals surface area contributed by atoms with Crippen LogP contribution < -0.4 is 5.32 Å². The highest BCUT2D eigenvalue weighted by Crippen LogP contribution is 2.13. The van der Waals surface area contributed by atoms with Gasteiger partial charge in [0.25, 0.3) is 0 Å². The molecule has 0 aromatic carbocycles. The molecule has 92 valence electrons. The lowest BCUT2D eigenvalue weighted by atomic mass is 10.1. The van der Waals surface area contributed by atoms with Crippen LogP contribution in [0.15, 0.2) is 17.5 Å². The number of unbranched alkanes of at least 4 members (excludes halogenated alkanes) is 1. The molecule has 0 amide bonds. The van der Waals surface area contributed by atoms with E-state index in [0.29, 0.717) is 6.04 Å². The van der Waals surface area contributed by atoms with Gasteiger partial charge in [-0.2, -0.15) is 0 Å². The van der Waals surface area contributed by atoms with Gasteiger partial charge in [0, 0.05) is 10.9 Å². The largest absolute Gasteiger partial charge is 0.314 e. The van der Waals surface area contributed by atoms with Crippen molar-refractivity contribution in [3.63, 3.8) is 0 Å². The summed E-state index contributed by atoms with van der Waals surface area (Å²) in [5.41, 5.74) is 0. The first-order valence-electron chi connectivity index (χ1n) is 6.44. The first-order valence-corrected chi connectivity index (χ1v) is 7.32. The van der Waals surface area contributed by atoms with Gasteiger partial charge in [-0.25, -0.2) is 0 Å². The van der Waals surface area contributed by atoms with Crippen LogP contribution in [0.25, 0.3) is 0 Å². The molecule has 1 rings (SSSR count). The first kappa shape index (κ1) is 13.7. The summed E-state index contributed by atoms with van der Waals surface area (Å²) in [4.78, 5) is 1.53. The van der Waals surface area contributed by atoms with Crippen LogP contribution >= 0.6 is 11.3 Å². The van der Waals surface area contributed by atoms with Gasteiger partial charge in [0.15, 0.2) is 0 Å². The lowest BCUT2D eigenvalue weighted by Gasteiger charge is -2.15. The van der Waals surface area contributed by atoms with Crippen LogP contribution in [0.5, 0.6) is 0 Å². The van der Waals surface area contributed by atoms with Crippen LogP contribution in [0, 0.1) is 5.92 Å². The summed E-state index contributed by atoms with van der Waals surface area (Å²) in [5, 5.41) is 5.75. The van der Waals surface area contributed by atoms with E-state index in [1.165, 1.54) is 30.6 Å². The number of thiophene rings is 1. The van der Waals surface area contributed by atoms with Gasteiger partial charge in [-0.15, -0.1) is 11.3 Å². The molecular weight excluding hydrogens is 214 g/mol. The molecule has 0 fully saturated rings. The molecule has 0 bridgehead atoms. The third-order valence-electron chi connectivity index (χ3n) is 2.76. The molecular formula is C14H25NS. The maximum absolute atomic E-state index is 3.58. The van der Waals surface area contributed by atoms with Crippen molar-refractivity contribution in [2.24, 2.45) is 5.92 Å². The van der Waals surface area contributed by atoms with E-state index in [-0.39, 0.29) is 0 Å². The average Bonchev–Trinajstić information content (AvgIpc) is 2.74. The lowest BCUT2D eigenvalue weighted by molar-refractivity contribution is 0.450. The molecule has 1 aromatic rings. The lowest BCUT2D eigenvalue weighted by Crippen LogP contribution is -2.29. The monoisotopic (exact) mass is 239 g/mol. The Labute approximate surface area is 104 Å². The van der Waals surface area contributed by atoms with Crippen molar-refractivity contribution < 1.29 is 0 Å². The molecule has 1 N–H and O–H groups in total. The molecule has 1 unspecified atom stereocenters. The zero-order valence-corrected chi connectivity index (χ0v) is 11.6. The second-order valence-electron chi connectivity index (χ2n) is 5.03. The van der Waals surface area contributed by atoms with Crippen molar-refractivity contribution in [3.8, 4) is 0 Å². The van der Waals surface area contributed by atoms with Gasteiger partial charge in [0.2, 0.25) is 0 Å². The number of aryl methyl sites for hydroxylation is 1. The van der Waals surface area contributed by atoms with Crippen LogP contribution in [-0.4, -0.2) is 12.6 Å². The van der Waals surface area contributed by atoms with E-state index in [9.17, 15) is 0 Å². The van der Waals surface area contributed by atoms with E-state index in [1.54, 1.807) is 0 Å². The Kier molecular flexibility index (Phi) is 6.74. The Bertz CT molecular complexity index is 254. The SMILES string of the molecule is CC(C)CNC(C)CCCCc1cccs1. The second kappa shape index (κ2) is 7.86. The molecule has 16 heavy (non-hydrogen) atoms. The highest BCUT2D eigenvalue weighted by atomic mass is 32.1. The Morgan fingerprint density at radius 3 is 2.69 bits per heavy atom. The standard InChI is InChI=1S/C14H25NS/c1-12(2)11-15-13(3)7-4-5-8-14-9-6-10-16-14/h6,9-10,12-13,15H,4-5,7-8,11H2,1-3H3. The predicted molar refractivity (Wildman–Crippen MR) is 74.2 cm³/mol. The second-order valence-corrected chi connectivity index (χ2v) is 6.06. The molecule has 0 aliphatic heterocycles. The topological polar surface area (TPSA) is 12.0 Å². The zero-order chi connectivity index (χ0) is 11.8. The highest BCUT2D eigenvalue weighted by molar-refractivity contribution is 7.09. The van der Waals surface area contributed by atoms with Gasteiger partial charge < -0.3 is 5.32 Å².